The summed E-state index contributed by atoms with van der Waals surface area (Å²) in [5.41, 5.74) is 0.784. The number of nitrogens with one attached hydrogen (secondary N) is 2. The molecule has 0 aliphatic heterocycles. The Hall–Kier alpha value is -2.80. The fraction of sp³-hybridized carbons (Fsp3) is 0.188. The van der Waals surface area contributed by atoms with Crippen LogP contribution in [-0.2, 0) is 4.74 Å². The number of carbonyl (C=O) groups excluding carboxylic acids is 2. The van der Waals surface area contributed by atoms with E-state index in [1.807, 2.05) is 0 Å². The number of pyridine rings is 1. The summed E-state index contributed by atoms with van der Waals surface area (Å²) in [6.07, 6.45) is 2.70. The van der Waals surface area contributed by atoms with Crippen molar-refractivity contribution in [2.45, 2.75) is 0 Å². The smallest absolute Gasteiger partial charge is 0.257 e. The molecule has 7 heteroatoms. The Morgan fingerprint density at radius 3 is 2.61 bits per heavy atom. The number of amides is 2. The average molecular weight is 317 g/mol. The zero-order valence-corrected chi connectivity index (χ0v) is 12.5. The van der Waals surface area contributed by atoms with Crippen LogP contribution in [0.3, 0.4) is 0 Å². The van der Waals surface area contributed by atoms with Gasteiger partial charge in [0, 0.05) is 31.7 Å². The quantitative estimate of drug-likeness (QED) is 0.797. The minimum atomic E-state index is -0.477. The average Bonchev–Trinajstić information content (AvgIpc) is 2.55. The van der Waals surface area contributed by atoms with Crippen LogP contribution < -0.4 is 10.6 Å². The van der Waals surface area contributed by atoms with Gasteiger partial charge in [-0.2, -0.15) is 0 Å². The van der Waals surface area contributed by atoms with Crippen LogP contribution in [0, 0.1) is 5.82 Å². The highest BCUT2D eigenvalue weighted by molar-refractivity contribution is 6.05. The largest absolute Gasteiger partial charge is 0.383 e. The third-order valence-electron chi connectivity index (χ3n) is 2.94. The normalized spacial score (nSPS) is 10.2. The van der Waals surface area contributed by atoms with E-state index in [0.717, 1.165) is 0 Å². The van der Waals surface area contributed by atoms with E-state index >= 15 is 0 Å². The van der Waals surface area contributed by atoms with E-state index in [2.05, 4.69) is 15.6 Å². The molecule has 0 unspecified atom stereocenters. The van der Waals surface area contributed by atoms with E-state index in [1.54, 1.807) is 6.07 Å². The van der Waals surface area contributed by atoms with Crippen molar-refractivity contribution in [1.82, 2.24) is 10.3 Å². The van der Waals surface area contributed by atoms with Crippen molar-refractivity contribution in [2.24, 2.45) is 0 Å². The number of halogens is 1. The van der Waals surface area contributed by atoms with Crippen molar-refractivity contribution in [3.8, 4) is 0 Å². The van der Waals surface area contributed by atoms with Gasteiger partial charge in [-0.25, -0.2) is 4.39 Å². The van der Waals surface area contributed by atoms with Gasteiger partial charge in [0.25, 0.3) is 11.8 Å². The Kier molecular flexibility index (Phi) is 5.76. The van der Waals surface area contributed by atoms with Gasteiger partial charge in [0.05, 0.1) is 17.7 Å². The van der Waals surface area contributed by atoms with Gasteiger partial charge in [0.15, 0.2) is 0 Å². The number of hydrogen-bond acceptors (Lipinski definition) is 4. The third-order valence-corrected chi connectivity index (χ3v) is 2.94. The highest BCUT2D eigenvalue weighted by Crippen LogP contribution is 2.11. The van der Waals surface area contributed by atoms with Crippen molar-refractivity contribution >= 4 is 17.5 Å². The van der Waals surface area contributed by atoms with Gasteiger partial charge >= 0.3 is 0 Å². The molecule has 1 aromatic carbocycles. The van der Waals surface area contributed by atoms with Gasteiger partial charge in [-0.05, 0) is 24.3 Å². The van der Waals surface area contributed by atoms with Crippen molar-refractivity contribution in [2.75, 3.05) is 25.6 Å². The van der Waals surface area contributed by atoms with E-state index in [0.29, 0.717) is 18.8 Å². The van der Waals surface area contributed by atoms with Gasteiger partial charge in [-0.1, -0.05) is 6.07 Å². The van der Waals surface area contributed by atoms with Crippen molar-refractivity contribution in [3.63, 3.8) is 0 Å². The van der Waals surface area contributed by atoms with Gasteiger partial charge in [-0.3, -0.25) is 14.6 Å². The maximum atomic E-state index is 13.1. The molecule has 0 saturated heterocycles. The summed E-state index contributed by atoms with van der Waals surface area (Å²) in [5.74, 6) is -1.28. The Bertz CT molecular complexity index is 706. The van der Waals surface area contributed by atoms with Gasteiger partial charge in [0.2, 0.25) is 0 Å². The zero-order valence-electron chi connectivity index (χ0n) is 12.5. The molecule has 23 heavy (non-hydrogen) atoms. The highest BCUT2D eigenvalue weighted by Gasteiger charge is 2.11. The van der Waals surface area contributed by atoms with Gasteiger partial charge < -0.3 is 15.4 Å². The molecule has 6 nitrogen and oxygen atoms in total. The highest BCUT2D eigenvalue weighted by atomic mass is 19.1. The van der Waals surface area contributed by atoms with E-state index in [-0.39, 0.29) is 17.0 Å². The molecule has 0 aliphatic rings. The van der Waals surface area contributed by atoms with Crippen LogP contribution in [0.25, 0.3) is 0 Å². The fourth-order valence-corrected chi connectivity index (χ4v) is 1.83. The van der Waals surface area contributed by atoms with Crippen molar-refractivity contribution < 1.29 is 18.7 Å². The lowest BCUT2D eigenvalue weighted by Crippen LogP contribution is -2.27. The number of anilines is 1. The maximum absolute atomic E-state index is 13.1. The van der Waals surface area contributed by atoms with Crippen molar-refractivity contribution in [1.29, 1.82) is 0 Å². The number of ether oxygens (including phenoxy) is 1. The third kappa shape index (κ3) is 4.86. The zero-order chi connectivity index (χ0) is 16.7. The second-order valence-electron chi connectivity index (χ2n) is 4.68. The molecule has 0 fully saturated rings. The Morgan fingerprint density at radius 1 is 1.17 bits per heavy atom. The second kappa shape index (κ2) is 8.00. The minimum Gasteiger partial charge on any atom is -0.383 e. The standard InChI is InChI=1S/C16H16FN3O3/c1-23-6-5-19-15(21)11-7-12(10-18-9-11)16(22)20-14-4-2-3-13(17)8-14/h2-4,7-10H,5-6H2,1H3,(H,19,21)(H,20,22). The Morgan fingerprint density at radius 2 is 1.91 bits per heavy atom. The summed E-state index contributed by atoms with van der Waals surface area (Å²) >= 11 is 0. The first-order valence-electron chi connectivity index (χ1n) is 6.89. The molecule has 0 atom stereocenters. The first-order chi connectivity index (χ1) is 11.1. The molecule has 2 N–H and O–H groups in total. The number of nitrogens with zero attached hydrogens (tertiary/aromatic N) is 1. The number of methoxy groups -OCH3 is 1. The van der Waals surface area contributed by atoms with E-state index in [4.69, 9.17) is 4.74 Å². The Balaban J connectivity index is 2.06. The lowest BCUT2D eigenvalue weighted by molar-refractivity contribution is 0.0936. The number of benzene rings is 1. The minimum absolute atomic E-state index is 0.202. The van der Waals surface area contributed by atoms with Crippen LogP contribution in [0.2, 0.25) is 0 Å². The van der Waals surface area contributed by atoms with E-state index in [1.165, 1.54) is 43.8 Å². The monoisotopic (exact) mass is 317 g/mol. The van der Waals surface area contributed by atoms with E-state index in [9.17, 15) is 14.0 Å². The summed E-state index contributed by atoms with van der Waals surface area (Å²) in [7, 11) is 1.53. The molecule has 2 aromatic rings. The van der Waals surface area contributed by atoms with E-state index < -0.39 is 11.7 Å². The van der Waals surface area contributed by atoms with Crippen molar-refractivity contribution in [3.05, 3.63) is 59.7 Å². The first kappa shape index (κ1) is 16.6. The number of aromatic nitrogens is 1. The summed E-state index contributed by atoms with van der Waals surface area (Å²) < 4.78 is 18.0. The lowest BCUT2D eigenvalue weighted by Gasteiger charge is -2.07. The van der Waals surface area contributed by atoms with Crippen LogP contribution >= 0.6 is 0 Å². The molecule has 0 saturated carbocycles. The summed E-state index contributed by atoms with van der Waals surface area (Å²) in [6, 6.07) is 6.96. The fourth-order valence-electron chi connectivity index (χ4n) is 1.83. The molecule has 0 aliphatic carbocycles. The predicted molar refractivity (Wildman–Crippen MR) is 82.8 cm³/mol. The Labute approximate surface area is 132 Å². The van der Waals surface area contributed by atoms with Gasteiger partial charge in [0.1, 0.15) is 5.82 Å². The molecule has 0 radical (unpaired) electrons. The predicted octanol–water partition coefficient (Wildman–Crippen LogP) is 1.85. The molecule has 2 amide bonds. The van der Waals surface area contributed by atoms with Crippen LogP contribution in [-0.4, -0.2) is 37.1 Å². The SMILES string of the molecule is COCCNC(=O)c1cncc(C(=O)Nc2cccc(F)c2)c1. The van der Waals surface area contributed by atoms with Gasteiger partial charge in [-0.15, -0.1) is 0 Å². The number of rotatable bonds is 6. The van der Waals surface area contributed by atoms with Crippen LogP contribution in [0.5, 0.6) is 0 Å². The molecule has 1 aromatic heterocycles. The molecule has 0 bridgehead atoms. The van der Waals surface area contributed by atoms with Crippen LogP contribution in [0.4, 0.5) is 10.1 Å². The molecule has 120 valence electrons. The second-order valence-corrected chi connectivity index (χ2v) is 4.68. The molecular formula is C16H16FN3O3. The lowest BCUT2D eigenvalue weighted by atomic mass is 10.2. The molecule has 0 spiro atoms. The molecule has 1 heterocycles. The van der Waals surface area contributed by atoms with Crippen LogP contribution in [0.15, 0.2) is 42.7 Å². The summed E-state index contributed by atoms with van der Waals surface area (Å²) in [6.45, 7) is 0.744. The maximum Gasteiger partial charge on any atom is 0.257 e. The number of hydrogen-bond donors (Lipinski definition) is 2. The number of carbonyl (C=O) groups is 2. The first-order valence-corrected chi connectivity index (χ1v) is 6.89. The topological polar surface area (TPSA) is 80.3 Å². The van der Waals surface area contributed by atoms with Crippen LogP contribution in [0.1, 0.15) is 20.7 Å². The summed E-state index contributed by atoms with van der Waals surface area (Å²) in [5, 5.41) is 5.18. The summed E-state index contributed by atoms with van der Waals surface area (Å²) in [4.78, 5) is 27.9. The molecular weight excluding hydrogens is 301 g/mol. The molecule has 2 rings (SSSR count).